The summed E-state index contributed by atoms with van der Waals surface area (Å²) in [6.07, 6.45) is 0.116. The topological polar surface area (TPSA) is 71.4 Å². The minimum atomic E-state index is -3.49. The molecular formula is C20H32N3O4S+. The third-order valence-electron chi connectivity index (χ3n) is 5.55. The second-order valence-corrected chi connectivity index (χ2v) is 10.1. The van der Waals surface area contributed by atoms with Crippen molar-refractivity contribution in [3.8, 4) is 0 Å². The van der Waals surface area contributed by atoms with Gasteiger partial charge in [-0.25, -0.2) is 8.42 Å². The summed E-state index contributed by atoms with van der Waals surface area (Å²) in [7, 11) is -3.49. The average Bonchev–Trinajstić information content (AvgIpc) is 2.61. The molecule has 1 aromatic carbocycles. The highest BCUT2D eigenvalue weighted by molar-refractivity contribution is 7.89. The van der Waals surface area contributed by atoms with E-state index in [0.29, 0.717) is 50.7 Å². The van der Waals surface area contributed by atoms with E-state index in [1.165, 1.54) is 0 Å². The fourth-order valence-corrected chi connectivity index (χ4v) is 5.80. The van der Waals surface area contributed by atoms with Crippen LogP contribution in [0.15, 0.2) is 23.1 Å². The first kappa shape index (κ1) is 21.2. The summed E-state index contributed by atoms with van der Waals surface area (Å²) in [4.78, 5) is 16.1. The van der Waals surface area contributed by atoms with E-state index in [1.54, 1.807) is 10.4 Å². The molecule has 3 rings (SSSR count). The molecule has 7 nitrogen and oxygen atoms in total. The van der Waals surface area contributed by atoms with Gasteiger partial charge in [0.05, 0.1) is 43.3 Å². The van der Waals surface area contributed by atoms with Crippen molar-refractivity contribution in [1.29, 1.82) is 0 Å². The van der Waals surface area contributed by atoms with Crippen LogP contribution in [0.4, 0.5) is 0 Å². The normalized spacial score (nSPS) is 25.1. The third kappa shape index (κ3) is 4.74. The molecule has 2 heterocycles. The van der Waals surface area contributed by atoms with E-state index >= 15 is 0 Å². The second kappa shape index (κ2) is 8.49. The monoisotopic (exact) mass is 410 g/mol. The summed E-state index contributed by atoms with van der Waals surface area (Å²) in [6.45, 7) is 11.6. The van der Waals surface area contributed by atoms with Crippen molar-refractivity contribution in [2.45, 2.75) is 44.8 Å². The van der Waals surface area contributed by atoms with Crippen molar-refractivity contribution in [2.24, 2.45) is 0 Å². The molecule has 156 valence electrons. The quantitative estimate of drug-likeness (QED) is 0.748. The largest absolute Gasteiger partial charge is 0.372 e. The summed E-state index contributed by atoms with van der Waals surface area (Å²) in [6, 6.07) is 5.44. The second-order valence-electron chi connectivity index (χ2n) is 8.16. The van der Waals surface area contributed by atoms with Crippen LogP contribution in [0, 0.1) is 13.8 Å². The molecule has 2 fully saturated rings. The van der Waals surface area contributed by atoms with Crippen LogP contribution in [0.25, 0.3) is 0 Å². The predicted molar refractivity (Wildman–Crippen MR) is 107 cm³/mol. The van der Waals surface area contributed by atoms with Crippen LogP contribution in [0.1, 0.15) is 25.0 Å². The van der Waals surface area contributed by atoms with E-state index in [1.807, 2.05) is 44.7 Å². The van der Waals surface area contributed by atoms with Gasteiger partial charge in [-0.15, -0.1) is 0 Å². The number of amides is 1. The molecule has 0 bridgehead atoms. The first-order chi connectivity index (χ1) is 13.2. The van der Waals surface area contributed by atoms with Gasteiger partial charge < -0.3 is 14.5 Å². The van der Waals surface area contributed by atoms with Crippen LogP contribution in [0.2, 0.25) is 0 Å². The average molecular weight is 411 g/mol. The number of aryl methyl sites for hydroxylation is 2. The van der Waals surface area contributed by atoms with E-state index < -0.39 is 10.0 Å². The van der Waals surface area contributed by atoms with Crippen LogP contribution in [-0.4, -0.2) is 81.6 Å². The number of carbonyl (C=O) groups excluding carboxylic acids is 1. The number of rotatable bonds is 4. The number of benzene rings is 1. The Morgan fingerprint density at radius 2 is 1.75 bits per heavy atom. The smallest absolute Gasteiger partial charge is 0.277 e. The molecule has 1 N–H and O–H groups in total. The Labute approximate surface area is 168 Å². The Balaban J connectivity index is 1.57. The first-order valence-corrected chi connectivity index (χ1v) is 11.4. The molecule has 0 aromatic heterocycles. The van der Waals surface area contributed by atoms with Crippen molar-refractivity contribution < 1.29 is 22.8 Å². The van der Waals surface area contributed by atoms with E-state index in [0.717, 1.165) is 16.0 Å². The number of sulfonamides is 1. The summed E-state index contributed by atoms with van der Waals surface area (Å²) in [5.41, 5.74) is 1.83. The molecule has 0 unspecified atom stereocenters. The van der Waals surface area contributed by atoms with Crippen molar-refractivity contribution in [3.05, 3.63) is 29.3 Å². The van der Waals surface area contributed by atoms with E-state index in [-0.39, 0.29) is 18.1 Å². The van der Waals surface area contributed by atoms with E-state index in [4.69, 9.17) is 4.74 Å². The molecule has 0 saturated carbocycles. The summed E-state index contributed by atoms with van der Waals surface area (Å²) in [5.74, 6) is 0.127. The minimum Gasteiger partial charge on any atom is -0.372 e. The molecule has 2 atom stereocenters. The van der Waals surface area contributed by atoms with Gasteiger partial charge in [0, 0.05) is 13.1 Å². The zero-order chi connectivity index (χ0) is 20.5. The van der Waals surface area contributed by atoms with Crippen molar-refractivity contribution in [2.75, 3.05) is 45.8 Å². The van der Waals surface area contributed by atoms with Gasteiger partial charge >= 0.3 is 0 Å². The maximum atomic E-state index is 13.0. The van der Waals surface area contributed by atoms with E-state index in [9.17, 15) is 13.2 Å². The van der Waals surface area contributed by atoms with Gasteiger partial charge in [-0.1, -0.05) is 17.7 Å². The lowest BCUT2D eigenvalue weighted by Crippen LogP contribution is -3.15. The van der Waals surface area contributed by atoms with Crippen LogP contribution < -0.4 is 4.90 Å². The molecule has 2 saturated heterocycles. The zero-order valence-electron chi connectivity index (χ0n) is 17.3. The molecule has 28 heavy (non-hydrogen) atoms. The van der Waals surface area contributed by atoms with Gasteiger partial charge in [-0.05, 0) is 39.3 Å². The standard InChI is InChI=1S/C20H31N3O4S/c1-15-5-6-19(16(2)11-15)28(25,26)23-9-7-21(8-10-23)14-20(24)22-12-17(3)27-18(4)13-22/h5-6,11,17-18H,7-10,12-14H2,1-4H3/p+1/t17-,18-/m1/s1. The summed E-state index contributed by atoms with van der Waals surface area (Å²) < 4.78 is 33.2. The van der Waals surface area contributed by atoms with Gasteiger partial charge in [0.2, 0.25) is 10.0 Å². The van der Waals surface area contributed by atoms with E-state index in [2.05, 4.69) is 0 Å². The number of carbonyl (C=O) groups is 1. The Morgan fingerprint density at radius 1 is 1.14 bits per heavy atom. The Kier molecular flexibility index (Phi) is 6.44. The number of hydrogen-bond donors (Lipinski definition) is 1. The highest BCUT2D eigenvalue weighted by atomic mass is 32.2. The van der Waals surface area contributed by atoms with Crippen molar-refractivity contribution >= 4 is 15.9 Å². The Bertz CT molecular complexity index is 809. The first-order valence-electron chi connectivity index (χ1n) is 10.0. The van der Waals surface area contributed by atoms with Crippen molar-refractivity contribution in [3.63, 3.8) is 0 Å². The lowest BCUT2D eigenvalue weighted by atomic mass is 10.2. The fourth-order valence-electron chi connectivity index (χ4n) is 4.15. The lowest BCUT2D eigenvalue weighted by Gasteiger charge is -2.37. The van der Waals surface area contributed by atoms with Gasteiger partial charge in [0.15, 0.2) is 6.54 Å². The molecule has 2 aliphatic rings. The number of quaternary nitrogens is 1. The molecule has 2 aliphatic heterocycles. The summed E-state index contributed by atoms with van der Waals surface area (Å²) in [5, 5.41) is 0. The molecule has 8 heteroatoms. The molecular weight excluding hydrogens is 378 g/mol. The highest BCUT2D eigenvalue weighted by Crippen LogP contribution is 2.21. The van der Waals surface area contributed by atoms with Crippen LogP contribution in [-0.2, 0) is 19.6 Å². The zero-order valence-corrected chi connectivity index (χ0v) is 18.1. The van der Waals surface area contributed by atoms with Crippen LogP contribution in [0.3, 0.4) is 0 Å². The van der Waals surface area contributed by atoms with Gasteiger partial charge in [-0.2, -0.15) is 4.31 Å². The Morgan fingerprint density at radius 3 is 2.32 bits per heavy atom. The maximum absolute atomic E-state index is 13.0. The number of nitrogens with zero attached hydrogens (tertiary/aromatic N) is 2. The predicted octanol–water partition coefficient (Wildman–Crippen LogP) is -0.172. The lowest BCUT2D eigenvalue weighted by molar-refractivity contribution is -0.896. The summed E-state index contributed by atoms with van der Waals surface area (Å²) >= 11 is 0. The fraction of sp³-hybridized carbons (Fsp3) is 0.650. The number of piperazine rings is 1. The third-order valence-corrected chi connectivity index (χ3v) is 7.61. The minimum absolute atomic E-state index is 0.0578. The SMILES string of the molecule is Cc1ccc(S(=O)(=O)N2CC[NH+](CC(=O)N3C[C@@H](C)O[C@H](C)C3)CC2)c(C)c1. The number of hydrogen-bond acceptors (Lipinski definition) is 4. The van der Waals surface area contributed by atoms with Gasteiger partial charge in [0.25, 0.3) is 5.91 Å². The molecule has 1 aromatic rings. The molecule has 0 aliphatic carbocycles. The van der Waals surface area contributed by atoms with Gasteiger partial charge in [0.1, 0.15) is 0 Å². The number of ether oxygens (including phenoxy) is 1. The maximum Gasteiger partial charge on any atom is 0.277 e. The number of nitrogens with one attached hydrogen (secondary N) is 1. The molecule has 0 radical (unpaired) electrons. The van der Waals surface area contributed by atoms with Gasteiger partial charge in [-0.3, -0.25) is 4.79 Å². The number of morpholine rings is 1. The molecule has 1 amide bonds. The van der Waals surface area contributed by atoms with Crippen LogP contribution in [0.5, 0.6) is 0 Å². The highest BCUT2D eigenvalue weighted by Gasteiger charge is 2.33. The Hall–Kier alpha value is -1.48. The molecule has 0 spiro atoms. The van der Waals surface area contributed by atoms with Crippen LogP contribution >= 0.6 is 0 Å². The van der Waals surface area contributed by atoms with Crippen molar-refractivity contribution in [1.82, 2.24) is 9.21 Å².